The summed E-state index contributed by atoms with van der Waals surface area (Å²) < 4.78 is 1.40. The second kappa shape index (κ2) is 4.53. The summed E-state index contributed by atoms with van der Waals surface area (Å²) in [5.41, 5.74) is 4.79. The van der Waals surface area contributed by atoms with Crippen molar-refractivity contribution in [3.63, 3.8) is 0 Å². The first kappa shape index (κ1) is 13.3. The average Bonchev–Trinajstić information content (AvgIpc) is 2.76. The SMILES string of the molecule is Cn1ccc(C(=O)N2CCC(C)(C(N)=O)C2)cc1=O. The quantitative estimate of drug-likeness (QED) is 0.796. The number of likely N-dealkylation sites (tertiary alicyclic amines) is 1. The Morgan fingerprint density at radius 3 is 2.63 bits per heavy atom. The lowest BCUT2D eigenvalue weighted by Crippen LogP contribution is -2.38. The first-order chi connectivity index (χ1) is 8.83. The van der Waals surface area contributed by atoms with Gasteiger partial charge in [-0.05, 0) is 19.4 Å². The molecule has 1 aromatic heterocycles. The smallest absolute Gasteiger partial charge is 0.254 e. The molecule has 0 radical (unpaired) electrons. The van der Waals surface area contributed by atoms with Gasteiger partial charge in [-0.2, -0.15) is 0 Å². The summed E-state index contributed by atoms with van der Waals surface area (Å²) in [6.07, 6.45) is 2.11. The van der Waals surface area contributed by atoms with Gasteiger partial charge in [-0.1, -0.05) is 0 Å². The van der Waals surface area contributed by atoms with Gasteiger partial charge in [-0.3, -0.25) is 14.4 Å². The molecule has 0 aromatic carbocycles. The van der Waals surface area contributed by atoms with Crippen LogP contribution in [-0.2, 0) is 11.8 Å². The first-order valence-corrected chi connectivity index (χ1v) is 6.09. The average molecular weight is 263 g/mol. The second-order valence-corrected chi connectivity index (χ2v) is 5.27. The van der Waals surface area contributed by atoms with Crippen LogP contribution in [0.15, 0.2) is 23.1 Å². The van der Waals surface area contributed by atoms with Crippen LogP contribution in [0.2, 0.25) is 0 Å². The fraction of sp³-hybridized carbons (Fsp3) is 0.462. The van der Waals surface area contributed by atoms with E-state index >= 15 is 0 Å². The van der Waals surface area contributed by atoms with Gasteiger partial charge in [0.2, 0.25) is 5.91 Å². The number of hydrogen-bond donors (Lipinski definition) is 1. The summed E-state index contributed by atoms with van der Waals surface area (Å²) in [6, 6.07) is 2.91. The van der Waals surface area contributed by atoms with Crippen molar-refractivity contribution in [2.45, 2.75) is 13.3 Å². The van der Waals surface area contributed by atoms with Crippen molar-refractivity contribution in [3.05, 3.63) is 34.2 Å². The maximum atomic E-state index is 12.2. The molecular weight excluding hydrogens is 246 g/mol. The van der Waals surface area contributed by atoms with Crippen LogP contribution in [0.4, 0.5) is 0 Å². The Kier molecular flexibility index (Phi) is 3.18. The lowest BCUT2D eigenvalue weighted by Gasteiger charge is -2.21. The van der Waals surface area contributed by atoms with Crippen molar-refractivity contribution in [2.24, 2.45) is 18.2 Å². The summed E-state index contributed by atoms with van der Waals surface area (Å²) in [5, 5.41) is 0. The normalized spacial score (nSPS) is 22.5. The van der Waals surface area contributed by atoms with Gasteiger partial charge in [0.25, 0.3) is 11.5 Å². The van der Waals surface area contributed by atoms with Gasteiger partial charge in [0.15, 0.2) is 0 Å². The number of hydrogen-bond acceptors (Lipinski definition) is 3. The number of pyridine rings is 1. The molecular formula is C13H17N3O3. The molecule has 2 rings (SSSR count). The standard InChI is InChI=1S/C13H17N3O3/c1-13(12(14)19)4-6-16(8-13)11(18)9-3-5-15(2)10(17)7-9/h3,5,7H,4,6,8H2,1-2H3,(H2,14,19). The van der Waals surface area contributed by atoms with Crippen LogP contribution in [0.3, 0.4) is 0 Å². The molecule has 1 aliphatic rings. The largest absolute Gasteiger partial charge is 0.369 e. The molecule has 0 saturated carbocycles. The summed E-state index contributed by atoms with van der Waals surface area (Å²) in [6.45, 7) is 2.54. The van der Waals surface area contributed by atoms with Crippen LogP contribution in [0.1, 0.15) is 23.7 Å². The van der Waals surface area contributed by atoms with E-state index in [1.807, 2.05) is 0 Å². The molecule has 6 heteroatoms. The van der Waals surface area contributed by atoms with E-state index in [1.54, 1.807) is 31.1 Å². The van der Waals surface area contributed by atoms with E-state index in [4.69, 9.17) is 5.73 Å². The Bertz CT molecular complexity index is 593. The minimum absolute atomic E-state index is 0.234. The fourth-order valence-electron chi connectivity index (χ4n) is 2.20. The highest BCUT2D eigenvalue weighted by molar-refractivity contribution is 5.95. The highest BCUT2D eigenvalue weighted by Crippen LogP contribution is 2.30. The van der Waals surface area contributed by atoms with Crippen molar-refractivity contribution in [1.82, 2.24) is 9.47 Å². The summed E-state index contributed by atoms with van der Waals surface area (Å²) in [4.78, 5) is 36.7. The minimum Gasteiger partial charge on any atom is -0.369 e. The molecule has 0 aliphatic carbocycles. The van der Waals surface area contributed by atoms with E-state index in [9.17, 15) is 14.4 Å². The molecule has 1 atom stereocenters. The highest BCUT2D eigenvalue weighted by atomic mass is 16.2. The number of aromatic nitrogens is 1. The van der Waals surface area contributed by atoms with E-state index < -0.39 is 11.3 Å². The molecule has 1 unspecified atom stereocenters. The molecule has 0 bridgehead atoms. The first-order valence-electron chi connectivity index (χ1n) is 6.09. The fourth-order valence-corrected chi connectivity index (χ4v) is 2.20. The zero-order valence-corrected chi connectivity index (χ0v) is 11.0. The molecule has 0 spiro atoms. The van der Waals surface area contributed by atoms with Crippen LogP contribution in [0, 0.1) is 5.41 Å². The van der Waals surface area contributed by atoms with Crippen LogP contribution in [-0.4, -0.2) is 34.4 Å². The zero-order valence-electron chi connectivity index (χ0n) is 11.0. The third-order valence-electron chi connectivity index (χ3n) is 3.71. The summed E-state index contributed by atoms with van der Waals surface area (Å²) in [5.74, 6) is -0.630. The van der Waals surface area contributed by atoms with Crippen LogP contribution < -0.4 is 11.3 Å². The van der Waals surface area contributed by atoms with Gasteiger partial charge in [0, 0.05) is 38.0 Å². The van der Waals surface area contributed by atoms with Crippen molar-refractivity contribution < 1.29 is 9.59 Å². The number of nitrogens with zero attached hydrogens (tertiary/aromatic N) is 2. The Balaban J connectivity index is 2.20. The van der Waals surface area contributed by atoms with Crippen LogP contribution in [0.25, 0.3) is 0 Å². The van der Waals surface area contributed by atoms with Gasteiger partial charge in [-0.25, -0.2) is 0 Å². The zero-order chi connectivity index (χ0) is 14.2. The molecule has 1 aliphatic heterocycles. The van der Waals surface area contributed by atoms with E-state index in [-0.39, 0.29) is 11.5 Å². The topological polar surface area (TPSA) is 85.4 Å². The Morgan fingerprint density at radius 1 is 1.42 bits per heavy atom. The molecule has 102 valence electrons. The third kappa shape index (κ3) is 2.38. The van der Waals surface area contributed by atoms with Gasteiger partial charge in [0.1, 0.15) is 0 Å². The molecule has 1 aromatic rings. The Labute approximate surface area is 110 Å². The van der Waals surface area contributed by atoms with Crippen molar-refractivity contribution in [3.8, 4) is 0 Å². The molecule has 19 heavy (non-hydrogen) atoms. The Hall–Kier alpha value is -2.11. The minimum atomic E-state index is -0.671. The van der Waals surface area contributed by atoms with Crippen LogP contribution >= 0.6 is 0 Å². The number of rotatable bonds is 2. The van der Waals surface area contributed by atoms with E-state index in [1.165, 1.54) is 10.6 Å². The molecule has 2 N–H and O–H groups in total. The second-order valence-electron chi connectivity index (χ2n) is 5.27. The van der Waals surface area contributed by atoms with Gasteiger partial charge in [-0.15, -0.1) is 0 Å². The number of carbonyl (C=O) groups excluding carboxylic acids is 2. The van der Waals surface area contributed by atoms with E-state index in [2.05, 4.69) is 0 Å². The number of aryl methyl sites for hydroxylation is 1. The molecule has 6 nitrogen and oxygen atoms in total. The van der Waals surface area contributed by atoms with Crippen molar-refractivity contribution in [1.29, 1.82) is 0 Å². The van der Waals surface area contributed by atoms with Crippen molar-refractivity contribution in [2.75, 3.05) is 13.1 Å². The summed E-state index contributed by atoms with van der Waals surface area (Å²) in [7, 11) is 1.62. The predicted octanol–water partition coefficient (Wildman–Crippen LogP) is -0.277. The molecule has 2 heterocycles. The number of primary amides is 1. The molecule has 1 fully saturated rings. The Morgan fingerprint density at radius 2 is 2.11 bits per heavy atom. The van der Waals surface area contributed by atoms with E-state index in [0.29, 0.717) is 25.1 Å². The maximum Gasteiger partial charge on any atom is 0.254 e. The number of nitrogens with two attached hydrogens (primary N) is 1. The maximum absolute atomic E-state index is 12.2. The predicted molar refractivity (Wildman–Crippen MR) is 69.5 cm³/mol. The molecule has 1 saturated heterocycles. The van der Waals surface area contributed by atoms with Gasteiger partial charge in [0.05, 0.1) is 5.41 Å². The molecule has 2 amide bonds. The summed E-state index contributed by atoms with van der Waals surface area (Å²) >= 11 is 0. The number of carbonyl (C=O) groups is 2. The monoisotopic (exact) mass is 263 g/mol. The van der Waals surface area contributed by atoms with Crippen molar-refractivity contribution >= 4 is 11.8 Å². The highest BCUT2D eigenvalue weighted by Gasteiger charge is 2.40. The van der Waals surface area contributed by atoms with E-state index in [0.717, 1.165) is 0 Å². The van der Waals surface area contributed by atoms with Gasteiger partial charge < -0.3 is 15.2 Å². The van der Waals surface area contributed by atoms with Gasteiger partial charge >= 0.3 is 0 Å². The lowest BCUT2D eigenvalue weighted by atomic mass is 9.89. The lowest BCUT2D eigenvalue weighted by molar-refractivity contribution is -0.126. The van der Waals surface area contributed by atoms with Crippen LogP contribution in [0.5, 0.6) is 0 Å². The third-order valence-corrected chi connectivity index (χ3v) is 3.71. The number of amides is 2.